The van der Waals surface area contributed by atoms with E-state index in [9.17, 15) is 0 Å². The van der Waals surface area contributed by atoms with Crippen molar-refractivity contribution in [2.45, 2.75) is 19.8 Å². The number of hydrogen-bond acceptors (Lipinski definition) is 3. The van der Waals surface area contributed by atoms with Crippen molar-refractivity contribution in [3.05, 3.63) is 36.0 Å². The van der Waals surface area contributed by atoms with Crippen molar-refractivity contribution >= 4 is 6.01 Å². The van der Waals surface area contributed by atoms with E-state index < -0.39 is 0 Å². The third-order valence-corrected chi connectivity index (χ3v) is 2.36. The number of oxazole rings is 1. The minimum Gasteiger partial charge on any atom is -0.424 e. The molecule has 0 atom stereocenters. The topological polar surface area (TPSA) is 52.0 Å². The lowest BCUT2D eigenvalue weighted by molar-refractivity contribution is 0.594. The van der Waals surface area contributed by atoms with Crippen molar-refractivity contribution in [2.75, 3.05) is 5.73 Å². The average Bonchev–Trinajstić information content (AvgIpc) is 2.65. The van der Waals surface area contributed by atoms with Crippen LogP contribution in [0.1, 0.15) is 25.3 Å². The molecule has 1 aromatic carbocycles. The quantitative estimate of drug-likeness (QED) is 0.814. The predicted octanol–water partition coefficient (Wildman–Crippen LogP) is 3.05. The van der Waals surface area contributed by atoms with Crippen LogP contribution in [0.3, 0.4) is 0 Å². The average molecular weight is 202 g/mol. The summed E-state index contributed by atoms with van der Waals surface area (Å²) in [5, 5.41) is 0. The molecular weight excluding hydrogens is 188 g/mol. The number of nitrogen functional groups attached to an aromatic ring is 1. The van der Waals surface area contributed by atoms with Crippen LogP contribution in [0.5, 0.6) is 0 Å². The molecule has 0 spiro atoms. The van der Waals surface area contributed by atoms with Gasteiger partial charge in [-0.1, -0.05) is 32.0 Å². The van der Waals surface area contributed by atoms with E-state index in [0.29, 0.717) is 5.92 Å². The molecule has 0 saturated heterocycles. The zero-order valence-corrected chi connectivity index (χ0v) is 8.90. The molecule has 0 bridgehead atoms. The molecule has 0 amide bonds. The maximum atomic E-state index is 5.44. The van der Waals surface area contributed by atoms with Gasteiger partial charge in [0.05, 0.1) is 6.20 Å². The van der Waals surface area contributed by atoms with Crippen LogP contribution < -0.4 is 5.73 Å². The Morgan fingerprint density at radius 1 is 1.33 bits per heavy atom. The molecule has 0 saturated carbocycles. The lowest BCUT2D eigenvalue weighted by Crippen LogP contribution is -1.87. The van der Waals surface area contributed by atoms with E-state index in [-0.39, 0.29) is 6.01 Å². The zero-order chi connectivity index (χ0) is 10.8. The molecule has 15 heavy (non-hydrogen) atoms. The Kier molecular flexibility index (Phi) is 2.46. The molecule has 3 heteroatoms. The highest BCUT2D eigenvalue weighted by Gasteiger charge is 2.06. The van der Waals surface area contributed by atoms with E-state index in [1.165, 1.54) is 5.56 Å². The van der Waals surface area contributed by atoms with Gasteiger partial charge in [0.1, 0.15) is 0 Å². The summed E-state index contributed by atoms with van der Waals surface area (Å²) in [7, 11) is 0. The molecule has 3 nitrogen and oxygen atoms in total. The van der Waals surface area contributed by atoms with E-state index in [2.05, 4.69) is 31.0 Å². The Balaban J connectivity index is 2.41. The first-order chi connectivity index (χ1) is 7.16. The largest absolute Gasteiger partial charge is 0.424 e. The van der Waals surface area contributed by atoms with Gasteiger partial charge in [0.2, 0.25) is 0 Å². The van der Waals surface area contributed by atoms with Crippen LogP contribution in [0.2, 0.25) is 0 Å². The molecule has 1 heterocycles. The number of hydrogen-bond donors (Lipinski definition) is 1. The Labute approximate surface area is 88.9 Å². The molecular formula is C12H14N2O. The standard InChI is InChI=1S/C12H14N2O/c1-8(2)9-4-3-5-10(6-9)11-7-14-12(13)15-11/h3-8H,1-2H3,(H2,13,14). The number of anilines is 1. The number of nitrogens with two attached hydrogens (primary N) is 1. The summed E-state index contributed by atoms with van der Waals surface area (Å²) in [4.78, 5) is 3.88. The minimum atomic E-state index is 0.208. The number of benzene rings is 1. The summed E-state index contributed by atoms with van der Waals surface area (Å²) in [6.45, 7) is 4.32. The van der Waals surface area contributed by atoms with Gasteiger partial charge in [-0.15, -0.1) is 0 Å². The molecule has 2 rings (SSSR count). The number of rotatable bonds is 2. The van der Waals surface area contributed by atoms with Gasteiger partial charge < -0.3 is 10.2 Å². The van der Waals surface area contributed by atoms with Gasteiger partial charge in [-0.05, 0) is 17.5 Å². The van der Waals surface area contributed by atoms with Crippen LogP contribution in [0.25, 0.3) is 11.3 Å². The molecule has 2 aromatic rings. The van der Waals surface area contributed by atoms with E-state index >= 15 is 0 Å². The molecule has 0 unspecified atom stereocenters. The van der Waals surface area contributed by atoms with E-state index in [1.807, 2.05) is 12.1 Å². The second kappa shape index (κ2) is 3.77. The molecule has 0 aliphatic carbocycles. The number of nitrogens with zero attached hydrogens (tertiary/aromatic N) is 1. The van der Waals surface area contributed by atoms with Crippen molar-refractivity contribution in [1.29, 1.82) is 0 Å². The summed E-state index contributed by atoms with van der Waals surface area (Å²) in [6.07, 6.45) is 1.65. The third kappa shape index (κ3) is 2.01. The fourth-order valence-corrected chi connectivity index (χ4v) is 1.47. The van der Waals surface area contributed by atoms with Gasteiger partial charge in [-0.25, -0.2) is 4.98 Å². The second-order valence-corrected chi connectivity index (χ2v) is 3.84. The van der Waals surface area contributed by atoms with Crippen molar-refractivity contribution in [2.24, 2.45) is 0 Å². The fraction of sp³-hybridized carbons (Fsp3) is 0.250. The van der Waals surface area contributed by atoms with Gasteiger partial charge in [-0.2, -0.15) is 0 Å². The molecule has 1 aromatic heterocycles. The predicted molar refractivity (Wildman–Crippen MR) is 60.4 cm³/mol. The van der Waals surface area contributed by atoms with Gasteiger partial charge in [0.15, 0.2) is 5.76 Å². The summed E-state index contributed by atoms with van der Waals surface area (Å²) in [6, 6.07) is 8.42. The first-order valence-electron chi connectivity index (χ1n) is 4.98. The Morgan fingerprint density at radius 3 is 2.73 bits per heavy atom. The normalized spacial score (nSPS) is 10.9. The minimum absolute atomic E-state index is 0.208. The maximum absolute atomic E-state index is 5.44. The van der Waals surface area contributed by atoms with E-state index in [0.717, 1.165) is 11.3 Å². The monoisotopic (exact) mass is 202 g/mol. The molecule has 78 valence electrons. The number of aromatic nitrogens is 1. The van der Waals surface area contributed by atoms with Crippen molar-refractivity contribution < 1.29 is 4.42 Å². The smallest absolute Gasteiger partial charge is 0.292 e. The van der Waals surface area contributed by atoms with E-state index in [1.54, 1.807) is 6.20 Å². The van der Waals surface area contributed by atoms with Crippen LogP contribution in [-0.2, 0) is 0 Å². The van der Waals surface area contributed by atoms with Crippen LogP contribution in [0.15, 0.2) is 34.9 Å². The van der Waals surface area contributed by atoms with Crippen molar-refractivity contribution in [1.82, 2.24) is 4.98 Å². The SMILES string of the molecule is CC(C)c1cccc(-c2cnc(N)o2)c1. The highest BCUT2D eigenvalue weighted by molar-refractivity contribution is 5.58. The summed E-state index contributed by atoms with van der Waals surface area (Å²) in [5.41, 5.74) is 7.73. The molecule has 0 fully saturated rings. The maximum Gasteiger partial charge on any atom is 0.292 e. The molecule has 2 N–H and O–H groups in total. The molecule has 0 aliphatic heterocycles. The Bertz CT molecular complexity index is 460. The van der Waals surface area contributed by atoms with Crippen LogP contribution in [-0.4, -0.2) is 4.98 Å². The second-order valence-electron chi connectivity index (χ2n) is 3.84. The lowest BCUT2D eigenvalue weighted by Gasteiger charge is -2.05. The molecule has 0 radical (unpaired) electrons. The van der Waals surface area contributed by atoms with Crippen LogP contribution in [0.4, 0.5) is 6.01 Å². The van der Waals surface area contributed by atoms with Gasteiger partial charge in [-0.3, -0.25) is 0 Å². The van der Waals surface area contributed by atoms with Gasteiger partial charge in [0.25, 0.3) is 6.01 Å². The Morgan fingerprint density at radius 2 is 2.13 bits per heavy atom. The van der Waals surface area contributed by atoms with Crippen LogP contribution in [0, 0.1) is 0 Å². The van der Waals surface area contributed by atoms with Gasteiger partial charge in [0, 0.05) is 5.56 Å². The lowest BCUT2D eigenvalue weighted by atomic mass is 10.0. The highest BCUT2D eigenvalue weighted by Crippen LogP contribution is 2.24. The molecule has 0 aliphatic rings. The van der Waals surface area contributed by atoms with Gasteiger partial charge >= 0.3 is 0 Å². The first kappa shape index (κ1) is 9.77. The first-order valence-corrected chi connectivity index (χ1v) is 4.98. The summed E-state index contributed by atoms with van der Waals surface area (Å²) < 4.78 is 5.27. The van der Waals surface area contributed by atoms with E-state index in [4.69, 9.17) is 10.2 Å². The fourth-order valence-electron chi connectivity index (χ4n) is 1.47. The van der Waals surface area contributed by atoms with Crippen molar-refractivity contribution in [3.8, 4) is 11.3 Å². The Hall–Kier alpha value is -1.77. The highest BCUT2D eigenvalue weighted by atomic mass is 16.4. The van der Waals surface area contributed by atoms with Crippen LogP contribution >= 0.6 is 0 Å². The summed E-state index contributed by atoms with van der Waals surface area (Å²) >= 11 is 0. The zero-order valence-electron chi connectivity index (χ0n) is 8.90. The van der Waals surface area contributed by atoms with Crippen molar-refractivity contribution in [3.63, 3.8) is 0 Å². The third-order valence-electron chi connectivity index (χ3n) is 2.36. The summed E-state index contributed by atoms with van der Waals surface area (Å²) in [5.74, 6) is 1.22.